The van der Waals surface area contributed by atoms with Gasteiger partial charge in [-0.15, -0.1) is 0 Å². The molecule has 20 heavy (non-hydrogen) atoms. The molecule has 1 aromatic carbocycles. The Balaban J connectivity index is 2.57. The SMILES string of the molecule is CNC(c1ccccc1C(F)(F)F)c1ncccc1C. The molecule has 1 N–H and O–H groups in total. The maximum atomic E-state index is 13.1. The molecule has 0 bridgehead atoms. The number of rotatable bonds is 3. The van der Waals surface area contributed by atoms with Gasteiger partial charge in [-0.05, 0) is 37.2 Å². The average molecular weight is 280 g/mol. The van der Waals surface area contributed by atoms with Crippen molar-refractivity contribution < 1.29 is 13.2 Å². The number of aromatic nitrogens is 1. The molecule has 0 saturated carbocycles. The minimum atomic E-state index is -4.38. The van der Waals surface area contributed by atoms with Gasteiger partial charge in [-0.1, -0.05) is 24.3 Å². The molecule has 1 aromatic heterocycles. The van der Waals surface area contributed by atoms with Gasteiger partial charge in [0, 0.05) is 6.20 Å². The molecule has 0 amide bonds. The third-order valence-electron chi connectivity index (χ3n) is 3.19. The Morgan fingerprint density at radius 2 is 1.80 bits per heavy atom. The molecule has 0 aliphatic heterocycles. The van der Waals surface area contributed by atoms with Crippen molar-refractivity contribution in [2.24, 2.45) is 0 Å². The van der Waals surface area contributed by atoms with Gasteiger partial charge in [-0.25, -0.2) is 0 Å². The fourth-order valence-electron chi connectivity index (χ4n) is 2.25. The highest BCUT2D eigenvalue weighted by atomic mass is 19.4. The van der Waals surface area contributed by atoms with E-state index in [2.05, 4.69) is 10.3 Å². The van der Waals surface area contributed by atoms with E-state index in [4.69, 9.17) is 0 Å². The molecule has 0 aliphatic carbocycles. The third kappa shape index (κ3) is 2.82. The van der Waals surface area contributed by atoms with E-state index in [0.717, 1.165) is 11.6 Å². The van der Waals surface area contributed by atoms with Gasteiger partial charge in [0.15, 0.2) is 0 Å². The van der Waals surface area contributed by atoms with Gasteiger partial charge in [0.2, 0.25) is 0 Å². The predicted octanol–water partition coefficient (Wildman–Crippen LogP) is 3.72. The van der Waals surface area contributed by atoms with Crippen LogP contribution in [-0.4, -0.2) is 12.0 Å². The molecule has 1 heterocycles. The summed E-state index contributed by atoms with van der Waals surface area (Å²) in [5, 5.41) is 2.93. The Morgan fingerprint density at radius 1 is 1.10 bits per heavy atom. The molecule has 0 aliphatic rings. The highest BCUT2D eigenvalue weighted by Gasteiger charge is 2.35. The summed E-state index contributed by atoms with van der Waals surface area (Å²) in [6.45, 7) is 1.84. The number of hydrogen-bond acceptors (Lipinski definition) is 2. The number of benzene rings is 1. The van der Waals surface area contributed by atoms with Gasteiger partial charge >= 0.3 is 6.18 Å². The second kappa shape index (κ2) is 5.63. The number of halogens is 3. The van der Waals surface area contributed by atoms with Gasteiger partial charge in [-0.2, -0.15) is 13.2 Å². The Bertz CT molecular complexity index is 594. The van der Waals surface area contributed by atoms with E-state index < -0.39 is 17.8 Å². The summed E-state index contributed by atoms with van der Waals surface area (Å²) in [6.07, 6.45) is -2.79. The minimum Gasteiger partial charge on any atom is -0.308 e. The number of hydrogen-bond donors (Lipinski definition) is 1. The van der Waals surface area contributed by atoms with Crippen LogP contribution < -0.4 is 5.32 Å². The quantitative estimate of drug-likeness (QED) is 0.927. The fourth-order valence-corrected chi connectivity index (χ4v) is 2.25. The van der Waals surface area contributed by atoms with Crippen molar-refractivity contribution in [1.29, 1.82) is 0 Å². The van der Waals surface area contributed by atoms with Gasteiger partial charge in [0.05, 0.1) is 17.3 Å². The normalized spacial score (nSPS) is 13.2. The van der Waals surface area contributed by atoms with Gasteiger partial charge in [0.25, 0.3) is 0 Å². The first-order valence-electron chi connectivity index (χ1n) is 6.20. The molecule has 5 heteroatoms. The highest BCUT2D eigenvalue weighted by Crippen LogP contribution is 2.36. The zero-order valence-electron chi connectivity index (χ0n) is 11.2. The maximum absolute atomic E-state index is 13.1. The number of pyridine rings is 1. The minimum absolute atomic E-state index is 0.185. The first-order valence-corrected chi connectivity index (χ1v) is 6.20. The largest absolute Gasteiger partial charge is 0.416 e. The molecule has 1 atom stereocenters. The van der Waals surface area contributed by atoms with Crippen molar-refractivity contribution in [3.63, 3.8) is 0 Å². The summed E-state index contributed by atoms with van der Waals surface area (Å²) in [4.78, 5) is 4.22. The lowest BCUT2D eigenvalue weighted by molar-refractivity contribution is -0.138. The lowest BCUT2D eigenvalue weighted by Gasteiger charge is -2.22. The van der Waals surface area contributed by atoms with Crippen LogP contribution in [0, 0.1) is 6.92 Å². The van der Waals surface area contributed by atoms with Crippen LogP contribution in [-0.2, 0) is 6.18 Å². The van der Waals surface area contributed by atoms with Crippen molar-refractivity contribution >= 4 is 0 Å². The molecule has 0 radical (unpaired) electrons. The lowest BCUT2D eigenvalue weighted by atomic mass is 9.95. The van der Waals surface area contributed by atoms with Gasteiger partial charge < -0.3 is 5.32 Å². The zero-order chi connectivity index (χ0) is 14.8. The van der Waals surface area contributed by atoms with E-state index in [9.17, 15) is 13.2 Å². The van der Waals surface area contributed by atoms with Crippen LogP contribution in [0.25, 0.3) is 0 Å². The molecule has 106 valence electrons. The molecule has 0 saturated heterocycles. The molecular formula is C15H15F3N2. The van der Waals surface area contributed by atoms with Crippen LogP contribution in [0.5, 0.6) is 0 Å². The number of aryl methyl sites for hydroxylation is 1. The second-order valence-electron chi connectivity index (χ2n) is 4.51. The molecular weight excluding hydrogens is 265 g/mol. The van der Waals surface area contributed by atoms with Crippen molar-refractivity contribution in [2.75, 3.05) is 7.05 Å². The summed E-state index contributed by atoms with van der Waals surface area (Å²) in [7, 11) is 1.63. The smallest absolute Gasteiger partial charge is 0.308 e. The molecule has 0 spiro atoms. The van der Waals surface area contributed by atoms with E-state index in [1.807, 2.05) is 13.0 Å². The first-order chi connectivity index (χ1) is 9.45. The van der Waals surface area contributed by atoms with Gasteiger partial charge in [-0.3, -0.25) is 4.98 Å². The fraction of sp³-hybridized carbons (Fsp3) is 0.267. The predicted molar refractivity (Wildman–Crippen MR) is 71.3 cm³/mol. The summed E-state index contributed by atoms with van der Waals surface area (Å²) in [5.41, 5.74) is 1.00. The second-order valence-corrected chi connectivity index (χ2v) is 4.51. The third-order valence-corrected chi connectivity index (χ3v) is 3.19. The van der Waals surface area contributed by atoms with Crippen molar-refractivity contribution in [3.8, 4) is 0 Å². The molecule has 1 unspecified atom stereocenters. The van der Waals surface area contributed by atoms with Crippen molar-refractivity contribution in [2.45, 2.75) is 19.1 Å². The maximum Gasteiger partial charge on any atom is 0.416 e. The number of nitrogens with zero attached hydrogens (tertiary/aromatic N) is 1. The van der Waals surface area contributed by atoms with Crippen LogP contribution >= 0.6 is 0 Å². The highest BCUT2D eigenvalue weighted by molar-refractivity contribution is 5.38. The Morgan fingerprint density at radius 3 is 2.40 bits per heavy atom. The van der Waals surface area contributed by atoms with Crippen LogP contribution in [0.3, 0.4) is 0 Å². The van der Waals surface area contributed by atoms with E-state index in [-0.39, 0.29) is 5.56 Å². The molecule has 2 rings (SSSR count). The van der Waals surface area contributed by atoms with E-state index >= 15 is 0 Å². The van der Waals surface area contributed by atoms with E-state index in [0.29, 0.717) is 5.69 Å². The van der Waals surface area contributed by atoms with Crippen LogP contribution in [0.2, 0.25) is 0 Å². The zero-order valence-corrected chi connectivity index (χ0v) is 11.2. The van der Waals surface area contributed by atoms with E-state index in [1.165, 1.54) is 12.1 Å². The average Bonchev–Trinajstić information content (AvgIpc) is 2.41. The number of alkyl halides is 3. The Kier molecular flexibility index (Phi) is 4.09. The Hall–Kier alpha value is -1.88. The number of nitrogens with one attached hydrogen (secondary N) is 1. The molecule has 0 fully saturated rings. The summed E-state index contributed by atoms with van der Waals surface area (Å²) in [6, 6.07) is 8.59. The molecule has 2 aromatic rings. The van der Waals surface area contributed by atoms with Crippen LogP contribution in [0.4, 0.5) is 13.2 Å². The van der Waals surface area contributed by atoms with Crippen molar-refractivity contribution in [1.82, 2.24) is 10.3 Å². The topological polar surface area (TPSA) is 24.9 Å². The first kappa shape index (κ1) is 14.5. The van der Waals surface area contributed by atoms with Crippen molar-refractivity contribution in [3.05, 3.63) is 65.0 Å². The summed E-state index contributed by atoms with van der Waals surface area (Å²) < 4.78 is 39.3. The summed E-state index contributed by atoms with van der Waals surface area (Å²) >= 11 is 0. The standard InChI is InChI=1S/C15H15F3N2/c1-10-6-5-9-20-13(10)14(19-2)11-7-3-4-8-12(11)15(16,17)18/h3-9,14,19H,1-2H3. The Labute approximate surface area is 115 Å². The molecule has 2 nitrogen and oxygen atoms in total. The monoisotopic (exact) mass is 280 g/mol. The van der Waals surface area contributed by atoms with E-state index in [1.54, 1.807) is 25.4 Å². The van der Waals surface area contributed by atoms with Crippen LogP contribution in [0.1, 0.15) is 28.4 Å². The van der Waals surface area contributed by atoms with Gasteiger partial charge in [0.1, 0.15) is 0 Å². The lowest BCUT2D eigenvalue weighted by Crippen LogP contribution is -2.23. The summed E-state index contributed by atoms with van der Waals surface area (Å²) in [5.74, 6) is 0. The van der Waals surface area contributed by atoms with Crippen LogP contribution in [0.15, 0.2) is 42.6 Å².